The van der Waals surface area contributed by atoms with Crippen molar-refractivity contribution in [2.24, 2.45) is 5.41 Å². The predicted molar refractivity (Wildman–Crippen MR) is 88.2 cm³/mol. The maximum absolute atomic E-state index is 10.9. The van der Waals surface area contributed by atoms with E-state index in [0.29, 0.717) is 19.1 Å². The molecule has 1 aromatic heterocycles. The molecule has 0 radical (unpaired) electrons. The van der Waals surface area contributed by atoms with Crippen LogP contribution in [0.25, 0.3) is 0 Å². The van der Waals surface area contributed by atoms with Crippen molar-refractivity contribution < 1.29 is 19.2 Å². The minimum Gasteiger partial charge on any atom is -0.465 e. The minimum atomic E-state index is -0.814. The number of carbonyl (C=O) groups is 1. The summed E-state index contributed by atoms with van der Waals surface area (Å²) >= 11 is 0. The Kier molecular flexibility index (Phi) is 3.16. The van der Waals surface area contributed by atoms with Crippen LogP contribution in [0, 0.1) is 5.41 Å². The Bertz CT molecular complexity index is 657. The van der Waals surface area contributed by atoms with Crippen LogP contribution in [-0.4, -0.2) is 57.3 Å². The molecule has 3 aliphatic rings. The van der Waals surface area contributed by atoms with E-state index in [2.05, 4.69) is 5.10 Å². The molecule has 1 aliphatic carbocycles. The highest BCUT2D eigenvalue weighted by Crippen LogP contribution is 2.53. The molecular weight excluding hydrogens is 309 g/mol. The third-order valence-electron chi connectivity index (χ3n) is 6.18. The topological polar surface area (TPSA) is 76.8 Å². The van der Waals surface area contributed by atoms with Crippen molar-refractivity contribution in [3.05, 3.63) is 12.4 Å². The summed E-state index contributed by atoms with van der Waals surface area (Å²) < 4.78 is 14.1. The normalized spacial score (nSPS) is 27.2. The third kappa shape index (κ3) is 2.27. The molecular formula is C16H24BN3O4. The molecule has 4 rings (SSSR count). The molecule has 8 heteroatoms. The summed E-state index contributed by atoms with van der Waals surface area (Å²) in [4.78, 5) is 12.4. The van der Waals surface area contributed by atoms with Crippen molar-refractivity contribution in [2.75, 3.05) is 13.1 Å². The number of nitrogens with zero attached hydrogens (tertiary/aromatic N) is 3. The van der Waals surface area contributed by atoms with Gasteiger partial charge in [-0.15, -0.1) is 0 Å². The molecule has 1 saturated carbocycles. The second-order valence-electron chi connectivity index (χ2n) is 8.54. The van der Waals surface area contributed by atoms with Gasteiger partial charge in [0.25, 0.3) is 0 Å². The van der Waals surface area contributed by atoms with Crippen LogP contribution >= 0.6 is 0 Å². The van der Waals surface area contributed by atoms with E-state index < -0.39 is 6.09 Å². The van der Waals surface area contributed by atoms with Gasteiger partial charge in [0.1, 0.15) is 0 Å². The lowest BCUT2D eigenvalue weighted by Crippen LogP contribution is -2.63. The van der Waals surface area contributed by atoms with E-state index in [-0.39, 0.29) is 23.7 Å². The molecule has 1 N–H and O–H groups in total. The molecule has 3 fully saturated rings. The Morgan fingerprint density at radius 2 is 1.83 bits per heavy atom. The van der Waals surface area contributed by atoms with Crippen LogP contribution < -0.4 is 5.46 Å². The van der Waals surface area contributed by atoms with Crippen LogP contribution in [0.1, 0.15) is 46.6 Å². The second kappa shape index (κ2) is 4.76. The molecule has 7 nitrogen and oxygen atoms in total. The average molecular weight is 333 g/mol. The summed E-state index contributed by atoms with van der Waals surface area (Å²) in [5.41, 5.74) is 0.411. The van der Waals surface area contributed by atoms with Crippen LogP contribution in [-0.2, 0) is 9.31 Å². The van der Waals surface area contributed by atoms with Gasteiger partial charge >= 0.3 is 13.2 Å². The van der Waals surface area contributed by atoms with Crippen molar-refractivity contribution in [3.8, 4) is 0 Å². The zero-order chi connectivity index (χ0) is 17.3. The van der Waals surface area contributed by atoms with E-state index >= 15 is 0 Å². The summed E-state index contributed by atoms with van der Waals surface area (Å²) in [5.74, 6) is 0. The highest BCUT2D eigenvalue weighted by atomic mass is 16.7. The van der Waals surface area contributed by atoms with Gasteiger partial charge in [-0.05, 0) is 40.5 Å². The van der Waals surface area contributed by atoms with E-state index in [1.807, 2.05) is 44.8 Å². The molecule has 0 atom stereocenters. The fraction of sp³-hybridized carbons (Fsp3) is 0.750. The van der Waals surface area contributed by atoms with Gasteiger partial charge in [-0.3, -0.25) is 4.68 Å². The number of likely N-dealkylation sites (tertiary alicyclic amines) is 1. The maximum atomic E-state index is 10.9. The average Bonchev–Trinajstić information content (AvgIpc) is 2.89. The molecule has 1 amide bonds. The van der Waals surface area contributed by atoms with Crippen LogP contribution in [0.15, 0.2) is 12.4 Å². The first-order chi connectivity index (χ1) is 11.1. The van der Waals surface area contributed by atoms with Crippen LogP contribution in [0.2, 0.25) is 0 Å². The molecule has 1 aromatic rings. The molecule has 24 heavy (non-hydrogen) atoms. The molecule has 130 valence electrons. The summed E-state index contributed by atoms with van der Waals surface area (Å²) in [5, 5.41) is 13.4. The lowest BCUT2D eigenvalue weighted by molar-refractivity contribution is -0.0771. The Morgan fingerprint density at radius 3 is 2.38 bits per heavy atom. The number of rotatable bonds is 2. The van der Waals surface area contributed by atoms with Gasteiger partial charge in [-0.1, -0.05) is 0 Å². The molecule has 0 unspecified atom stereocenters. The van der Waals surface area contributed by atoms with E-state index in [4.69, 9.17) is 14.4 Å². The Hall–Kier alpha value is -1.54. The van der Waals surface area contributed by atoms with E-state index in [1.54, 1.807) is 0 Å². The SMILES string of the molecule is CC1(C)OB(c2cnn(C3CC4(C3)CN(C(=O)O)C4)c2)OC1(C)C. The molecule has 0 aromatic carbocycles. The summed E-state index contributed by atoms with van der Waals surface area (Å²) in [6.45, 7) is 9.47. The Morgan fingerprint density at radius 1 is 1.25 bits per heavy atom. The summed E-state index contributed by atoms with van der Waals surface area (Å²) in [6, 6.07) is 0.345. The quantitative estimate of drug-likeness (QED) is 0.830. The minimum absolute atomic E-state index is 0.180. The van der Waals surface area contributed by atoms with Gasteiger partial charge in [0, 0.05) is 36.4 Å². The number of hydrogen-bond donors (Lipinski definition) is 1. The largest absolute Gasteiger partial charge is 0.498 e. The van der Waals surface area contributed by atoms with E-state index in [1.165, 1.54) is 4.90 Å². The lowest BCUT2D eigenvalue weighted by Gasteiger charge is -2.57. The van der Waals surface area contributed by atoms with Crippen molar-refractivity contribution in [2.45, 2.75) is 57.8 Å². The smallest absolute Gasteiger partial charge is 0.465 e. The van der Waals surface area contributed by atoms with Crippen molar-refractivity contribution in [1.29, 1.82) is 0 Å². The zero-order valence-corrected chi connectivity index (χ0v) is 14.7. The molecule has 1 spiro atoms. The first-order valence-corrected chi connectivity index (χ1v) is 8.48. The maximum Gasteiger partial charge on any atom is 0.498 e. The van der Waals surface area contributed by atoms with Gasteiger partial charge in [0.05, 0.1) is 17.2 Å². The van der Waals surface area contributed by atoms with E-state index in [9.17, 15) is 4.79 Å². The standard InChI is InChI=1S/C16H24BN3O4/c1-14(2)15(3,4)24-17(23-14)11-7-18-20(8-11)12-5-16(6-12)9-19(10-16)13(21)22/h7-8,12H,5-6,9-10H2,1-4H3,(H,21,22). The number of aromatic nitrogens is 2. The molecule has 2 saturated heterocycles. The molecule has 2 aliphatic heterocycles. The van der Waals surface area contributed by atoms with Gasteiger partial charge in [-0.25, -0.2) is 4.79 Å². The first-order valence-electron chi connectivity index (χ1n) is 8.48. The highest BCUT2D eigenvalue weighted by Gasteiger charge is 2.55. The number of carboxylic acid groups (broad SMARTS) is 1. The van der Waals surface area contributed by atoms with Gasteiger partial charge in [0.15, 0.2) is 0 Å². The van der Waals surface area contributed by atoms with Crippen LogP contribution in [0.4, 0.5) is 4.79 Å². The Labute approximate surface area is 142 Å². The molecule has 0 bridgehead atoms. The third-order valence-corrected chi connectivity index (χ3v) is 6.18. The zero-order valence-electron chi connectivity index (χ0n) is 14.7. The lowest BCUT2D eigenvalue weighted by atomic mass is 9.61. The van der Waals surface area contributed by atoms with E-state index in [0.717, 1.165) is 18.3 Å². The highest BCUT2D eigenvalue weighted by molar-refractivity contribution is 6.62. The van der Waals surface area contributed by atoms with Gasteiger partial charge in [-0.2, -0.15) is 5.10 Å². The summed E-state index contributed by atoms with van der Waals surface area (Å²) in [7, 11) is -0.385. The van der Waals surface area contributed by atoms with Crippen molar-refractivity contribution >= 4 is 18.7 Å². The predicted octanol–water partition coefficient (Wildman–Crippen LogP) is 1.50. The van der Waals surface area contributed by atoms with Crippen LogP contribution in [0.5, 0.6) is 0 Å². The van der Waals surface area contributed by atoms with Crippen molar-refractivity contribution in [1.82, 2.24) is 14.7 Å². The van der Waals surface area contributed by atoms with Gasteiger partial charge < -0.3 is 19.3 Å². The van der Waals surface area contributed by atoms with Crippen molar-refractivity contribution in [3.63, 3.8) is 0 Å². The van der Waals surface area contributed by atoms with Gasteiger partial charge in [0.2, 0.25) is 0 Å². The second-order valence-corrected chi connectivity index (χ2v) is 8.54. The molecule has 3 heterocycles. The first kappa shape index (κ1) is 16.0. The Balaban J connectivity index is 1.38. The van der Waals surface area contributed by atoms with Crippen LogP contribution in [0.3, 0.4) is 0 Å². The number of amides is 1. The number of hydrogen-bond acceptors (Lipinski definition) is 4. The fourth-order valence-corrected chi connectivity index (χ4v) is 3.94. The summed E-state index contributed by atoms with van der Waals surface area (Å²) in [6.07, 6.45) is 4.99. The fourth-order valence-electron chi connectivity index (χ4n) is 3.94. The monoisotopic (exact) mass is 333 g/mol.